The second-order valence-electron chi connectivity index (χ2n) is 15.7. The van der Waals surface area contributed by atoms with Crippen molar-refractivity contribution in [2.45, 2.75) is 238 Å². The van der Waals surface area contributed by atoms with Crippen molar-refractivity contribution in [2.75, 3.05) is 13.2 Å². The van der Waals surface area contributed by atoms with Crippen LogP contribution in [0.3, 0.4) is 0 Å². The number of carbonyl (C=O) groups is 2. The van der Waals surface area contributed by atoms with E-state index in [-0.39, 0.29) is 19.4 Å². The van der Waals surface area contributed by atoms with Crippen molar-refractivity contribution in [3.63, 3.8) is 0 Å². The van der Waals surface area contributed by atoms with Crippen LogP contribution in [-0.4, -0.2) is 41.0 Å². The first-order valence-corrected chi connectivity index (χ1v) is 24.8. The number of rotatable bonds is 43. The number of hydrogen-bond acceptors (Lipinski definition) is 6. The van der Waals surface area contributed by atoms with Gasteiger partial charge in [-0.3, -0.25) is 14.1 Å². The zero-order valence-electron chi connectivity index (χ0n) is 36.3. The summed E-state index contributed by atoms with van der Waals surface area (Å²) in [5, 5.41) is 0. The Labute approximate surface area is 344 Å². The summed E-state index contributed by atoms with van der Waals surface area (Å²) in [7, 11) is -4.76. The summed E-state index contributed by atoms with van der Waals surface area (Å²) in [6.07, 6.45) is 51.5. The van der Waals surface area contributed by atoms with Crippen molar-refractivity contribution >= 4 is 19.8 Å². The first-order chi connectivity index (χ1) is 27.3. The van der Waals surface area contributed by atoms with Gasteiger partial charge in [0, 0.05) is 12.8 Å². The summed E-state index contributed by atoms with van der Waals surface area (Å²) in [6.45, 7) is 3.68. The highest BCUT2D eigenvalue weighted by atomic mass is 31.2. The number of unbranched alkanes of at least 4 members (excludes halogenated alkanes) is 27. The SMILES string of the molecule is CCCCC/C=C\C/C=C\CCCCCCCCCCCC(=O)O[C@H](COC(=O)CCCCCCCCC/C=C\CCCCCCCCCC)COP(=O)(O)O. The number of hydrogen-bond donors (Lipinski definition) is 2. The summed E-state index contributed by atoms with van der Waals surface area (Å²) in [4.78, 5) is 43.0. The predicted octanol–water partition coefficient (Wildman–Crippen LogP) is 14.5. The van der Waals surface area contributed by atoms with E-state index in [1.807, 2.05) is 0 Å². The third kappa shape index (κ3) is 45.0. The highest BCUT2D eigenvalue weighted by molar-refractivity contribution is 7.46. The molecule has 0 aromatic rings. The normalized spacial score (nSPS) is 12.7. The minimum absolute atomic E-state index is 0.207. The van der Waals surface area contributed by atoms with Crippen LogP contribution in [-0.2, 0) is 28.2 Å². The molecular formula is C47H87O8P. The standard InChI is InChI=1S/C47H87O8P/c1-3-5-7-9-11-13-15-17-19-21-23-25-27-29-31-33-35-37-39-41-46(48)53-43-45(44-54-56(50,51)52)55-47(49)42-40-38-36-34-32-30-28-26-24-22-20-18-16-14-12-10-8-6-4-2/h12,14,18,20-21,23,45H,3-11,13,15-17,19,22,24-44H2,1-2H3,(H2,50,51,52)/b14-12-,20-18-,23-21-/t45-/m1/s1. The van der Waals surface area contributed by atoms with Crippen molar-refractivity contribution in [3.05, 3.63) is 36.5 Å². The van der Waals surface area contributed by atoms with E-state index in [1.54, 1.807) is 0 Å². The lowest BCUT2D eigenvalue weighted by Gasteiger charge is -2.18. The van der Waals surface area contributed by atoms with E-state index < -0.39 is 32.5 Å². The highest BCUT2D eigenvalue weighted by Gasteiger charge is 2.23. The minimum Gasteiger partial charge on any atom is -0.462 e. The van der Waals surface area contributed by atoms with Gasteiger partial charge >= 0.3 is 19.8 Å². The van der Waals surface area contributed by atoms with Gasteiger partial charge in [-0.25, -0.2) is 4.57 Å². The molecule has 0 aliphatic heterocycles. The van der Waals surface area contributed by atoms with Crippen LogP contribution in [0.2, 0.25) is 0 Å². The molecule has 0 aromatic heterocycles. The molecule has 0 radical (unpaired) electrons. The Hall–Kier alpha value is -1.73. The van der Waals surface area contributed by atoms with Gasteiger partial charge in [0.2, 0.25) is 0 Å². The lowest BCUT2D eigenvalue weighted by atomic mass is 10.1. The van der Waals surface area contributed by atoms with E-state index in [0.29, 0.717) is 6.42 Å². The molecule has 2 N–H and O–H groups in total. The number of phosphoric acid groups is 1. The quantitative estimate of drug-likeness (QED) is 0.0270. The molecule has 56 heavy (non-hydrogen) atoms. The summed E-state index contributed by atoms with van der Waals surface area (Å²) in [5.41, 5.74) is 0. The van der Waals surface area contributed by atoms with Crippen LogP contribution in [0.4, 0.5) is 0 Å². The fraction of sp³-hybridized carbons (Fsp3) is 0.830. The second-order valence-corrected chi connectivity index (χ2v) is 17.0. The van der Waals surface area contributed by atoms with E-state index >= 15 is 0 Å². The molecule has 0 spiro atoms. The Balaban J connectivity index is 3.87. The highest BCUT2D eigenvalue weighted by Crippen LogP contribution is 2.36. The molecule has 9 heteroatoms. The maximum Gasteiger partial charge on any atom is 0.469 e. The molecule has 0 bridgehead atoms. The Kier molecular flexibility index (Phi) is 41.5. The van der Waals surface area contributed by atoms with Crippen LogP contribution >= 0.6 is 7.82 Å². The van der Waals surface area contributed by atoms with Crippen molar-refractivity contribution in [1.29, 1.82) is 0 Å². The lowest BCUT2D eigenvalue weighted by Crippen LogP contribution is -2.29. The van der Waals surface area contributed by atoms with E-state index in [2.05, 4.69) is 54.8 Å². The fourth-order valence-corrected chi connectivity index (χ4v) is 6.99. The third-order valence-electron chi connectivity index (χ3n) is 10.1. The van der Waals surface area contributed by atoms with Gasteiger partial charge in [0.25, 0.3) is 0 Å². The van der Waals surface area contributed by atoms with Gasteiger partial charge in [0.15, 0.2) is 6.10 Å². The predicted molar refractivity (Wildman–Crippen MR) is 235 cm³/mol. The van der Waals surface area contributed by atoms with Crippen molar-refractivity contribution < 1.29 is 37.9 Å². The molecule has 0 aliphatic rings. The topological polar surface area (TPSA) is 119 Å². The van der Waals surface area contributed by atoms with Gasteiger partial charge in [0.05, 0.1) is 6.61 Å². The zero-order valence-corrected chi connectivity index (χ0v) is 37.2. The molecule has 8 nitrogen and oxygen atoms in total. The lowest BCUT2D eigenvalue weighted by molar-refractivity contribution is -0.161. The van der Waals surface area contributed by atoms with Crippen molar-refractivity contribution in [1.82, 2.24) is 0 Å². The largest absolute Gasteiger partial charge is 0.469 e. The molecule has 0 amide bonds. The van der Waals surface area contributed by atoms with Crippen molar-refractivity contribution in [2.24, 2.45) is 0 Å². The van der Waals surface area contributed by atoms with Crippen LogP contribution in [0.1, 0.15) is 232 Å². The Morgan fingerprint density at radius 2 is 0.804 bits per heavy atom. The van der Waals surface area contributed by atoms with E-state index in [9.17, 15) is 14.2 Å². The molecular weight excluding hydrogens is 723 g/mol. The monoisotopic (exact) mass is 811 g/mol. The maximum absolute atomic E-state index is 12.4. The van der Waals surface area contributed by atoms with Gasteiger partial charge in [-0.2, -0.15) is 0 Å². The smallest absolute Gasteiger partial charge is 0.462 e. The van der Waals surface area contributed by atoms with Gasteiger partial charge in [-0.1, -0.05) is 185 Å². The van der Waals surface area contributed by atoms with E-state index in [1.165, 1.54) is 135 Å². The minimum atomic E-state index is -4.76. The third-order valence-corrected chi connectivity index (χ3v) is 10.6. The number of esters is 2. The molecule has 0 fully saturated rings. The van der Waals surface area contributed by atoms with Gasteiger partial charge in [-0.05, 0) is 70.6 Å². The molecule has 0 aliphatic carbocycles. The van der Waals surface area contributed by atoms with Gasteiger partial charge < -0.3 is 19.3 Å². The average molecular weight is 811 g/mol. The summed E-state index contributed by atoms with van der Waals surface area (Å²) >= 11 is 0. The van der Waals surface area contributed by atoms with E-state index in [4.69, 9.17) is 19.3 Å². The number of allylic oxidation sites excluding steroid dienone is 6. The number of ether oxygens (including phenoxy) is 2. The van der Waals surface area contributed by atoms with Crippen LogP contribution in [0.15, 0.2) is 36.5 Å². The number of carbonyl (C=O) groups excluding carboxylic acids is 2. The Bertz CT molecular complexity index is 1000. The molecule has 0 aromatic carbocycles. The van der Waals surface area contributed by atoms with Crippen LogP contribution in [0.5, 0.6) is 0 Å². The Morgan fingerprint density at radius 3 is 1.23 bits per heavy atom. The molecule has 0 rings (SSSR count). The Morgan fingerprint density at radius 1 is 0.464 bits per heavy atom. The molecule has 1 atom stereocenters. The van der Waals surface area contributed by atoms with E-state index in [0.717, 1.165) is 64.2 Å². The summed E-state index contributed by atoms with van der Waals surface area (Å²) in [6, 6.07) is 0. The molecule has 0 saturated carbocycles. The summed E-state index contributed by atoms with van der Waals surface area (Å²) in [5.74, 6) is -0.887. The first kappa shape index (κ1) is 54.3. The van der Waals surface area contributed by atoms with Crippen LogP contribution in [0.25, 0.3) is 0 Å². The molecule has 0 saturated heterocycles. The first-order valence-electron chi connectivity index (χ1n) is 23.3. The molecule has 0 unspecified atom stereocenters. The zero-order chi connectivity index (χ0) is 41.1. The molecule has 0 heterocycles. The second kappa shape index (κ2) is 42.9. The van der Waals surface area contributed by atoms with Crippen molar-refractivity contribution in [3.8, 4) is 0 Å². The maximum atomic E-state index is 12.4. The van der Waals surface area contributed by atoms with Crippen LogP contribution < -0.4 is 0 Å². The average Bonchev–Trinajstić information content (AvgIpc) is 3.17. The van der Waals surface area contributed by atoms with Crippen LogP contribution in [0, 0.1) is 0 Å². The molecule has 328 valence electrons. The van der Waals surface area contributed by atoms with Gasteiger partial charge in [0.1, 0.15) is 6.61 Å². The summed E-state index contributed by atoms with van der Waals surface area (Å²) < 4.78 is 26.5. The number of phosphoric ester groups is 1. The fourth-order valence-electron chi connectivity index (χ4n) is 6.63. The van der Waals surface area contributed by atoms with Gasteiger partial charge in [-0.15, -0.1) is 0 Å².